The fraction of sp³-hybridized carbons (Fsp3) is 0.417. The van der Waals surface area contributed by atoms with E-state index in [0.717, 1.165) is 6.07 Å². The largest absolute Gasteiger partial charge is 0.433 e. The standard InChI is InChI=1S/C12H12F3N3O/c1-11(2)8-6(9(16-3)18-10(11)19)4-5-7(17-8)12(13,14)15/h4-5H,1-3H3,(H,16,18,19). The summed E-state index contributed by atoms with van der Waals surface area (Å²) < 4.78 is 38.1. The Bertz CT molecular complexity index is 576. The van der Waals surface area contributed by atoms with Crippen LogP contribution in [-0.4, -0.2) is 23.8 Å². The van der Waals surface area contributed by atoms with Gasteiger partial charge in [0.1, 0.15) is 11.5 Å². The predicted molar refractivity (Wildman–Crippen MR) is 62.9 cm³/mol. The summed E-state index contributed by atoms with van der Waals surface area (Å²) in [6, 6.07) is 2.17. The number of nitrogens with one attached hydrogen (secondary N) is 1. The number of amides is 1. The van der Waals surface area contributed by atoms with Gasteiger partial charge < -0.3 is 5.32 Å². The molecule has 19 heavy (non-hydrogen) atoms. The first-order valence-electron chi connectivity index (χ1n) is 5.55. The van der Waals surface area contributed by atoms with Crippen molar-refractivity contribution in [3.63, 3.8) is 0 Å². The van der Waals surface area contributed by atoms with Crippen molar-refractivity contribution >= 4 is 11.7 Å². The summed E-state index contributed by atoms with van der Waals surface area (Å²) in [7, 11) is 1.45. The average Bonchev–Trinajstić information content (AvgIpc) is 2.32. The summed E-state index contributed by atoms with van der Waals surface area (Å²) in [4.78, 5) is 19.4. The van der Waals surface area contributed by atoms with Crippen LogP contribution in [0, 0.1) is 0 Å². The number of nitrogens with zero attached hydrogens (tertiary/aromatic N) is 2. The van der Waals surface area contributed by atoms with E-state index in [2.05, 4.69) is 15.3 Å². The van der Waals surface area contributed by atoms with E-state index in [1.807, 2.05) is 0 Å². The van der Waals surface area contributed by atoms with Crippen LogP contribution in [0.5, 0.6) is 0 Å². The van der Waals surface area contributed by atoms with Gasteiger partial charge in [0, 0.05) is 12.6 Å². The minimum absolute atomic E-state index is 0.0895. The number of halogens is 3. The van der Waals surface area contributed by atoms with Gasteiger partial charge in [0.25, 0.3) is 0 Å². The first kappa shape index (κ1) is 13.5. The molecule has 0 unspecified atom stereocenters. The molecule has 0 aromatic carbocycles. The number of carbonyl (C=O) groups is 1. The van der Waals surface area contributed by atoms with Gasteiger partial charge in [0.05, 0.1) is 11.1 Å². The number of hydrogen-bond acceptors (Lipinski definition) is 3. The lowest BCUT2D eigenvalue weighted by atomic mass is 9.81. The van der Waals surface area contributed by atoms with Gasteiger partial charge in [0.15, 0.2) is 0 Å². The number of aromatic nitrogens is 1. The van der Waals surface area contributed by atoms with Crippen LogP contribution < -0.4 is 5.32 Å². The number of aliphatic imine (C=N–C) groups is 1. The van der Waals surface area contributed by atoms with Crippen molar-refractivity contribution < 1.29 is 18.0 Å². The number of carbonyl (C=O) groups excluding carboxylic acids is 1. The fourth-order valence-corrected chi connectivity index (χ4v) is 1.90. The Labute approximate surface area is 107 Å². The third kappa shape index (κ3) is 2.09. The van der Waals surface area contributed by atoms with Gasteiger partial charge in [0.2, 0.25) is 5.91 Å². The second-order valence-corrected chi connectivity index (χ2v) is 4.74. The van der Waals surface area contributed by atoms with E-state index in [1.165, 1.54) is 27.0 Å². The molecule has 7 heteroatoms. The van der Waals surface area contributed by atoms with Crippen LogP contribution in [0.4, 0.5) is 13.2 Å². The summed E-state index contributed by atoms with van der Waals surface area (Å²) in [6.45, 7) is 3.06. The average molecular weight is 271 g/mol. The first-order chi connectivity index (χ1) is 8.67. The molecule has 0 saturated heterocycles. The van der Waals surface area contributed by atoms with Gasteiger partial charge in [-0.1, -0.05) is 0 Å². The van der Waals surface area contributed by atoms with E-state index in [9.17, 15) is 18.0 Å². The molecule has 1 aliphatic rings. The lowest BCUT2D eigenvalue weighted by molar-refractivity contribution is -0.141. The predicted octanol–water partition coefficient (Wildman–Crippen LogP) is 1.88. The normalized spacial score (nSPS) is 20.1. The van der Waals surface area contributed by atoms with Gasteiger partial charge >= 0.3 is 6.18 Å². The highest BCUT2D eigenvalue weighted by Crippen LogP contribution is 2.33. The summed E-state index contributed by atoms with van der Waals surface area (Å²) in [5.41, 5.74) is -1.64. The molecule has 0 spiro atoms. The van der Waals surface area contributed by atoms with Crippen molar-refractivity contribution in [2.45, 2.75) is 25.4 Å². The maximum absolute atomic E-state index is 12.7. The second-order valence-electron chi connectivity index (χ2n) is 4.74. The Morgan fingerprint density at radius 3 is 2.47 bits per heavy atom. The van der Waals surface area contributed by atoms with Crippen molar-refractivity contribution in [3.8, 4) is 0 Å². The molecular weight excluding hydrogens is 259 g/mol. The van der Waals surface area contributed by atoms with Crippen molar-refractivity contribution in [2.24, 2.45) is 4.99 Å². The number of rotatable bonds is 0. The number of fused-ring (bicyclic) bond motifs is 1. The maximum atomic E-state index is 12.7. The minimum Gasteiger partial charge on any atom is -0.310 e. The molecule has 0 radical (unpaired) electrons. The van der Waals surface area contributed by atoms with Crippen LogP contribution in [0.1, 0.15) is 30.8 Å². The van der Waals surface area contributed by atoms with Crippen molar-refractivity contribution in [2.75, 3.05) is 7.05 Å². The zero-order chi connectivity index (χ0) is 14.4. The monoisotopic (exact) mass is 271 g/mol. The Morgan fingerprint density at radius 1 is 1.32 bits per heavy atom. The van der Waals surface area contributed by atoms with Crippen molar-refractivity contribution in [1.82, 2.24) is 10.3 Å². The molecule has 1 amide bonds. The number of hydrogen-bond donors (Lipinski definition) is 1. The Hall–Kier alpha value is -1.92. The Morgan fingerprint density at radius 2 is 1.95 bits per heavy atom. The lowest BCUT2D eigenvalue weighted by Crippen LogP contribution is -2.50. The highest BCUT2D eigenvalue weighted by atomic mass is 19.4. The quantitative estimate of drug-likeness (QED) is 0.783. The van der Waals surface area contributed by atoms with E-state index in [4.69, 9.17) is 0 Å². The Balaban J connectivity index is 2.70. The Kier molecular flexibility index (Phi) is 2.87. The summed E-state index contributed by atoms with van der Waals surface area (Å²) in [5, 5.41) is 2.56. The molecule has 2 heterocycles. The molecule has 1 aromatic heterocycles. The van der Waals surface area contributed by atoms with Crippen molar-refractivity contribution in [3.05, 3.63) is 29.1 Å². The highest BCUT2D eigenvalue weighted by molar-refractivity contribution is 6.14. The van der Waals surface area contributed by atoms with E-state index in [-0.39, 0.29) is 11.5 Å². The van der Waals surface area contributed by atoms with Gasteiger partial charge in [-0.05, 0) is 26.0 Å². The van der Waals surface area contributed by atoms with Gasteiger partial charge in [-0.2, -0.15) is 13.2 Å². The van der Waals surface area contributed by atoms with Crippen LogP contribution in [0.25, 0.3) is 0 Å². The van der Waals surface area contributed by atoms with Crippen LogP contribution in [0.15, 0.2) is 17.1 Å². The third-order valence-corrected chi connectivity index (χ3v) is 3.06. The zero-order valence-corrected chi connectivity index (χ0v) is 10.6. The summed E-state index contributed by atoms with van der Waals surface area (Å²) >= 11 is 0. The minimum atomic E-state index is -4.54. The maximum Gasteiger partial charge on any atom is 0.433 e. The van der Waals surface area contributed by atoms with Crippen LogP contribution in [0.3, 0.4) is 0 Å². The van der Waals surface area contributed by atoms with Crippen LogP contribution >= 0.6 is 0 Å². The van der Waals surface area contributed by atoms with Gasteiger partial charge in [-0.3, -0.25) is 9.79 Å². The zero-order valence-electron chi connectivity index (χ0n) is 10.6. The van der Waals surface area contributed by atoms with Crippen molar-refractivity contribution in [1.29, 1.82) is 0 Å². The molecule has 2 rings (SSSR count). The molecule has 1 aliphatic heterocycles. The molecule has 1 aromatic rings. The first-order valence-corrected chi connectivity index (χ1v) is 5.55. The molecule has 0 bridgehead atoms. The van der Waals surface area contributed by atoms with E-state index < -0.39 is 23.2 Å². The highest BCUT2D eigenvalue weighted by Gasteiger charge is 2.42. The molecule has 102 valence electrons. The number of amidine groups is 1. The summed E-state index contributed by atoms with van der Waals surface area (Å²) in [5.74, 6) is -0.187. The lowest BCUT2D eigenvalue weighted by Gasteiger charge is -2.31. The topological polar surface area (TPSA) is 54.4 Å². The van der Waals surface area contributed by atoms with E-state index in [1.54, 1.807) is 0 Å². The third-order valence-electron chi connectivity index (χ3n) is 3.06. The number of alkyl halides is 3. The van der Waals surface area contributed by atoms with E-state index in [0.29, 0.717) is 5.56 Å². The molecule has 4 nitrogen and oxygen atoms in total. The summed E-state index contributed by atoms with van der Waals surface area (Å²) in [6.07, 6.45) is -4.54. The molecular formula is C12H12F3N3O. The SMILES string of the molecule is CN=C1NC(=O)C(C)(C)c2nc(C(F)(F)F)ccc21. The van der Waals surface area contributed by atoms with Crippen LogP contribution in [-0.2, 0) is 16.4 Å². The molecule has 0 aliphatic carbocycles. The van der Waals surface area contributed by atoms with E-state index >= 15 is 0 Å². The fourth-order valence-electron chi connectivity index (χ4n) is 1.90. The molecule has 0 atom stereocenters. The van der Waals surface area contributed by atoms with Gasteiger partial charge in [-0.25, -0.2) is 4.98 Å². The molecule has 0 fully saturated rings. The molecule has 1 N–H and O–H groups in total. The van der Waals surface area contributed by atoms with Crippen LogP contribution in [0.2, 0.25) is 0 Å². The smallest absolute Gasteiger partial charge is 0.310 e. The van der Waals surface area contributed by atoms with Gasteiger partial charge in [-0.15, -0.1) is 0 Å². The number of pyridine rings is 1. The second kappa shape index (κ2) is 4.04. The molecule has 0 saturated carbocycles.